The number of fused-ring (bicyclic) bond motifs is 1. The van der Waals surface area contributed by atoms with E-state index in [2.05, 4.69) is 9.97 Å². The zero-order chi connectivity index (χ0) is 28.7. The number of hydrogen-bond donors (Lipinski definition) is 0. The summed E-state index contributed by atoms with van der Waals surface area (Å²) >= 11 is 0. The molecule has 4 aromatic rings. The van der Waals surface area contributed by atoms with Crippen LogP contribution in [-0.4, -0.2) is 64.6 Å². The molecule has 5 rings (SSSR count). The molecule has 9 nitrogen and oxygen atoms in total. The molecule has 0 radical (unpaired) electrons. The quantitative estimate of drug-likeness (QED) is 0.334. The van der Waals surface area contributed by atoms with Crippen LogP contribution >= 0.6 is 0 Å². The second-order valence-corrected chi connectivity index (χ2v) is 12.8. The summed E-state index contributed by atoms with van der Waals surface area (Å²) in [7, 11) is -3.92. The molecule has 1 saturated heterocycles. The molecule has 0 spiro atoms. The largest absolute Gasteiger partial charge is 0.444 e. The minimum atomic E-state index is -3.92. The van der Waals surface area contributed by atoms with Crippen LogP contribution in [0.4, 0.5) is 15.0 Å². The zero-order valence-electron chi connectivity index (χ0n) is 22.9. The fourth-order valence-electron chi connectivity index (χ4n) is 4.95. The van der Waals surface area contributed by atoms with E-state index in [1.807, 2.05) is 38.7 Å². The van der Waals surface area contributed by atoms with Gasteiger partial charge < -0.3 is 14.5 Å². The van der Waals surface area contributed by atoms with Gasteiger partial charge in [0.1, 0.15) is 23.6 Å². The van der Waals surface area contributed by atoms with Gasteiger partial charge in [0.25, 0.3) is 0 Å². The zero-order valence-corrected chi connectivity index (χ0v) is 23.7. The number of aromatic nitrogens is 3. The number of carbonyl (C=O) groups is 1. The molecule has 0 saturated carbocycles. The van der Waals surface area contributed by atoms with Crippen molar-refractivity contribution in [3.63, 3.8) is 0 Å². The number of hydrogen-bond acceptors (Lipinski definition) is 7. The van der Waals surface area contributed by atoms with Gasteiger partial charge in [0.05, 0.1) is 11.1 Å². The molecule has 3 heterocycles. The Morgan fingerprint density at radius 2 is 1.73 bits per heavy atom. The van der Waals surface area contributed by atoms with Gasteiger partial charge in [-0.15, -0.1) is 0 Å². The third-order valence-corrected chi connectivity index (χ3v) is 8.32. The van der Waals surface area contributed by atoms with E-state index in [-0.39, 0.29) is 23.0 Å². The first-order valence-electron chi connectivity index (χ1n) is 13.1. The van der Waals surface area contributed by atoms with Crippen molar-refractivity contribution in [2.75, 3.05) is 24.5 Å². The van der Waals surface area contributed by atoms with Gasteiger partial charge in [-0.1, -0.05) is 48.5 Å². The van der Waals surface area contributed by atoms with Crippen LogP contribution in [0.5, 0.6) is 0 Å². The lowest BCUT2D eigenvalue weighted by Crippen LogP contribution is -2.55. The van der Waals surface area contributed by atoms with Crippen molar-refractivity contribution in [3.05, 3.63) is 78.5 Å². The molecule has 210 valence electrons. The number of benzene rings is 2. The summed E-state index contributed by atoms with van der Waals surface area (Å²) in [5, 5.41) is 0.433. The summed E-state index contributed by atoms with van der Waals surface area (Å²) in [6.45, 7) is 8.61. The maximum atomic E-state index is 15.1. The molecular formula is C29H32FN5O4S. The number of amides is 1. The summed E-state index contributed by atoms with van der Waals surface area (Å²) < 4.78 is 49.1. The highest BCUT2D eigenvalue weighted by Gasteiger charge is 2.33. The van der Waals surface area contributed by atoms with Crippen LogP contribution in [0.1, 0.15) is 33.3 Å². The summed E-state index contributed by atoms with van der Waals surface area (Å²) in [5.74, 6) is -0.258. The van der Waals surface area contributed by atoms with Crippen molar-refractivity contribution < 1.29 is 22.3 Å². The first-order valence-corrected chi connectivity index (χ1v) is 14.7. The second kappa shape index (κ2) is 10.5. The van der Waals surface area contributed by atoms with Gasteiger partial charge in [-0.2, -0.15) is 0 Å². The standard InChI is InChI=1S/C29H32FN5O4S/c1-20-16-33(14-15-34(20)28(36)39-29(2,3)4)26-25-23(22-12-8-9-13-24(22)30)17-35(27(25)32-19-31-26)40(37,38)18-21-10-6-5-7-11-21/h5-13,17,19-20H,14-16,18H2,1-4H3/t20-/m1/s1. The third kappa shape index (κ3) is 5.51. The Morgan fingerprint density at radius 3 is 2.40 bits per heavy atom. The van der Waals surface area contributed by atoms with Crippen molar-refractivity contribution in [1.29, 1.82) is 0 Å². The molecule has 2 aromatic carbocycles. The van der Waals surface area contributed by atoms with E-state index in [9.17, 15) is 13.2 Å². The summed E-state index contributed by atoms with van der Waals surface area (Å²) in [4.78, 5) is 25.3. The Hall–Kier alpha value is -3.99. The third-order valence-electron chi connectivity index (χ3n) is 6.74. The van der Waals surface area contributed by atoms with Crippen molar-refractivity contribution in [2.24, 2.45) is 0 Å². The topological polar surface area (TPSA) is 97.6 Å². The fraction of sp³-hybridized carbons (Fsp3) is 0.345. The van der Waals surface area contributed by atoms with Crippen molar-refractivity contribution in [1.82, 2.24) is 18.8 Å². The Morgan fingerprint density at radius 1 is 1.02 bits per heavy atom. The number of piperazine rings is 1. The van der Waals surface area contributed by atoms with E-state index in [1.54, 1.807) is 47.4 Å². The first kappa shape index (κ1) is 27.6. The van der Waals surface area contributed by atoms with Crippen LogP contribution in [0.25, 0.3) is 22.2 Å². The van der Waals surface area contributed by atoms with Crippen LogP contribution in [0.15, 0.2) is 67.1 Å². The van der Waals surface area contributed by atoms with Crippen LogP contribution in [0, 0.1) is 5.82 Å². The summed E-state index contributed by atoms with van der Waals surface area (Å²) in [5.41, 5.74) is 0.801. The van der Waals surface area contributed by atoms with Gasteiger partial charge in [0, 0.05) is 43.0 Å². The minimum Gasteiger partial charge on any atom is -0.444 e. The monoisotopic (exact) mass is 565 g/mol. The molecule has 0 unspecified atom stereocenters. The average Bonchev–Trinajstić information content (AvgIpc) is 3.29. The molecule has 1 amide bonds. The van der Waals surface area contributed by atoms with Gasteiger partial charge in [-0.3, -0.25) is 0 Å². The molecule has 40 heavy (non-hydrogen) atoms. The highest BCUT2D eigenvalue weighted by atomic mass is 32.2. The molecule has 1 aliphatic heterocycles. The Labute approximate surface area is 233 Å². The Kier molecular flexibility index (Phi) is 7.26. The van der Waals surface area contributed by atoms with Crippen LogP contribution < -0.4 is 4.90 Å². The first-order chi connectivity index (χ1) is 18.9. The molecule has 1 fully saturated rings. The second-order valence-electron chi connectivity index (χ2n) is 10.9. The lowest BCUT2D eigenvalue weighted by molar-refractivity contribution is 0.0158. The van der Waals surface area contributed by atoms with Gasteiger partial charge in [0.15, 0.2) is 5.65 Å². The SMILES string of the molecule is C[C@@H]1CN(c2ncnc3c2c(-c2ccccc2F)cn3S(=O)(=O)Cc2ccccc2)CCN1C(=O)OC(C)(C)C. The molecule has 1 aliphatic rings. The maximum Gasteiger partial charge on any atom is 0.410 e. The van der Waals surface area contributed by atoms with E-state index < -0.39 is 27.5 Å². The van der Waals surface area contributed by atoms with E-state index in [0.29, 0.717) is 42.0 Å². The minimum absolute atomic E-state index is 0.168. The molecule has 1 atom stereocenters. The smallest absolute Gasteiger partial charge is 0.410 e. The maximum absolute atomic E-state index is 15.1. The van der Waals surface area contributed by atoms with E-state index in [4.69, 9.17) is 4.74 Å². The van der Waals surface area contributed by atoms with E-state index in [1.165, 1.54) is 18.6 Å². The number of carbonyl (C=O) groups excluding carboxylic acids is 1. The van der Waals surface area contributed by atoms with Crippen molar-refractivity contribution >= 4 is 33.0 Å². The molecular weight excluding hydrogens is 533 g/mol. The lowest BCUT2D eigenvalue weighted by atomic mass is 10.0. The van der Waals surface area contributed by atoms with E-state index >= 15 is 4.39 Å². The predicted molar refractivity (Wildman–Crippen MR) is 152 cm³/mol. The number of ether oxygens (including phenoxy) is 1. The summed E-state index contributed by atoms with van der Waals surface area (Å²) in [6.07, 6.45) is 2.36. The van der Waals surface area contributed by atoms with Gasteiger partial charge in [-0.25, -0.2) is 31.5 Å². The fourth-order valence-corrected chi connectivity index (χ4v) is 6.37. The van der Waals surface area contributed by atoms with Crippen LogP contribution in [0.3, 0.4) is 0 Å². The van der Waals surface area contributed by atoms with Crippen molar-refractivity contribution in [2.45, 2.75) is 45.1 Å². The average molecular weight is 566 g/mol. The Balaban J connectivity index is 1.59. The van der Waals surface area contributed by atoms with E-state index in [0.717, 1.165) is 3.97 Å². The predicted octanol–water partition coefficient (Wildman–Crippen LogP) is 5.06. The van der Waals surface area contributed by atoms with Gasteiger partial charge >= 0.3 is 6.09 Å². The van der Waals surface area contributed by atoms with Crippen LogP contribution in [-0.2, 0) is 20.5 Å². The molecule has 11 heteroatoms. The van der Waals surface area contributed by atoms with Gasteiger partial charge in [-0.05, 0) is 39.3 Å². The lowest BCUT2D eigenvalue weighted by Gasteiger charge is -2.40. The molecule has 2 aromatic heterocycles. The van der Waals surface area contributed by atoms with Gasteiger partial charge in [0.2, 0.25) is 10.0 Å². The molecule has 0 aliphatic carbocycles. The molecule has 0 bridgehead atoms. The van der Waals surface area contributed by atoms with Crippen molar-refractivity contribution in [3.8, 4) is 11.1 Å². The molecule has 0 N–H and O–H groups in total. The van der Waals surface area contributed by atoms with Crippen LogP contribution in [0.2, 0.25) is 0 Å². The number of anilines is 1. The highest BCUT2D eigenvalue weighted by molar-refractivity contribution is 7.89. The number of halogens is 1. The highest BCUT2D eigenvalue weighted by Crippen LogP contribution is 2.38. The Bertz CT molecular complexity index is 1650. The number of nitrogens with zero attached hydrogens (tertiary/aromatic N) is 5. The normalized spacial score (nSPS) is 16.4. The summed E-state index contributed by atoms with van der Waals surface area (Å²) in [6, 6.07) is 14.9. The number of rotatable bonds is 5.